The van der Waals surface area contributed by atoms with Gasteiger partial charge in [0.15, 0.2) is 0 Å². The van der Waals surface area contributed by atoms with E-state index in [0.29, 0.717) is 0 Å². The molecular formula is C27H48O2. The van der Waals surface area contributed by atoms with E-state index in [0.717, 1.165) is 26.1 Å². The Balaban J connectivity index is 2.32. The van der Waals surface area contributed by atoms with Crippen molar-refractivity contribution in [3.05, 3.63) is 36.6 Å². The third-order valence-electron chi connectivity index (χ3n) is 5.98. The third-order valence-corrected chi connectivity index (χ3v) is 5.98. The molecule has 0 fully saturated rings. The summed E-state index contributed by atoms with van der Waals surface area (Å²) in [5.41, 5.74) is -0.0585. The highest BCUT2D eigenvalue weighted by molar-refractivity contribution is 5.26. The smallest absolute Gasteiger partial charge is 0.0885 e. The molecule has 2 heteroatoms. The lowest BCUT2D eigenvalue weighted by molar-refractivity contribution is 0.0329. The molecular weight excluding hydrogens is 356 g/mol. The molecule has 2 atom stereocenters. The molecule has 0 aromatic rings. The summed E-state index contributed by atoms with van der Waals surface area (Å²) >= 11 is 0. The van der Waals surface area contributed by atoms with Crippen molar-refractivity contribution in [3.8, 4) is 0 Å². The molecule has 0 amide bonds. The minimum Gasteiger partial charge on any atom is -0.501 e. The van der Waals surface area contributed by atoms with Gasteiger partial charge in [0.25, 0.3) is 0 Å². The van der Waals surface area contributed by atoms with Crippen LogP contribution >= 0.6 is 0 Å². The number of allylic oxidation sites excluding steroid dienone is 2. The summed E-state index contributed by atoms with van der Waals surface area (Å²) in [5, 5.41) is 0. The van der Waals surface area contributed by atoms with Crippen molar-refractivity contribution in [1.29, 1.82) is 0 Å². The van der Waals surface area contributed by atoms with E-state index in [4.69, 9.17) is 9.47 Å². The Morgan fingerprint density at radius 3 is 2.03 bits per heavy atom. The van der Waals surface area contributed by atoms with Gasteiger partial charge in [-0.1, -0.05) is 115 Å². The second kappa shape index (κ2) is 17.8. The molecule has 0 bridgehead atoms. The summed E-state index contributed by atoms with van der Waals surface area (Å²) in [7, 11) is 0. The minimum absolute atomic E-state index is 0.0585. The fourth-order valence-corrected chi connectivity index (χ4v) is 4.12. The van der Waals surface area contributed by atoms with Gasteiger partial charge in [0.2, 0.25) is 0 Å². The van der Waals surface area contributed by atoms with E-state index in [2.05, 4.69) is 51.2 Å². The second-order valence-electron chi connectivity index (χ2n) is 8.54. The van der Waals surface area contributed by atoms with Crippen LogP contribution < -0.4 is 0 Å². The Morgan fingerprint density at radius 1 is 0.759 bits per heavy atom. The van der Waals surface area contributed by atoms with E-state index in [9.17, 15) is 0 Å². The second-order valence-corrected chi connectivity index (χ2v) is 8.54. The molecule has 168 valence electrons. The predicted octanol–water partition coefficient (Wildman–Crippen LogP) is 8.54. The SMILES string of the molecule is CCCCCCCCCCCOC=CC1(CCCCCC)C=CC=CC1OCC. The molecule has 0 saturated carbocycles. The molecule has 0 radical (unpaired) electrons. The van der Waals surface area contributed by atoms with Crippen molar-refractivity contribution in [3.63, 3.8) is 0 Å². The van der Waals surface area contributed by atoms with Crippen molar-refractivity contribution in [2.75, 3.05) is 13.2 Å². The molecule has 0 heterocycles. The van der Waals surface area contributed by atoms with Crippen molar-refractivity contribution >= 4 is 0 Å². The highest BCUT2D eigenvalue weighted by Gasteiger charge is 2.34. The van der Waals surface area contributed by atoms with Crippen molar-refractivity contribution in [2.24, 2.45) is 5.41 Å². The average molecular weight is 405 g/mol. The predicted molar refractivity (Wildman–Crippen MR) is 127 cm³/mol. The summed E-state index contributed by atoms with van der Waals surface area (Å²) in [6, 6.07) is 0. The van der Waals surface area contributed by atoms with Gasteiger partial charge >= 0.3 is 0 Å². The van der Waals surface area contributed by atoms with Gasteiger partial charge in [0.05, 0.1) is 19.0 Å². The summed E-state index contributed by atoms with van der Waals surface area (Å²) in [6.45, 7) is 8.20. The molecule has 0 N–H and O–H groups in total. The average Bonchev–Trinajstić information content (AvgIpc) is 2.74. The first-order valence-electron chi connectivity index (χ1n) is 12.6. The molecule has 1 rings (SSSR count). The van der Waals surface area contributed by atoms with E-state index in [1.54, 1.807) is 0 Å². The van der Waals surface area contributed by atoms with Crippen molar-refractivity contribution in [2.45, 2.75) is 117 Å². The van der Waals surface area contributed by atoms with Crippen molar-refractivity contribution < 1.29 is 9.47 Å². The highest BCUT2D eigenvalue weighted by Crippen LogP contribution is 2.37. The van der Waals surface area contributed by atoms with E-state index in [-0.39, 0.29) is 11.5 Å². The van der Waals surface area contributed by atoms with Crippen LogP contribution in [0.5, 0.6) is 0 Å². The maximum Gasteiger partial charge on any atom is 0.0885 e. The quantitative estimate of drug-likeness (QED) is 0.159. The first-order valence-corrected chi connectivity index (χ1v) is 12.6. The third kappa shape index (κ3) is 11.7. The van der Waals surface area contributed by atoms with Gasteiger partial charge in [-0.2, -0.15) is 0 Å². The van der Waals surface area contributed by atoms with Crippen LogP contribution in [-0.2, 0) is 9.47 Å². The van der Waals surface area contributed by atoms with Gasteiger partial charge in [-0.15, -0.1) is 0 Å². The fraction of sp³-hybridized carbons (Fsp3) is 0.778. The first-order chi connectivity index (χ1) is 14.3. The Labute approximate surface area is 181 Å². The Kier molecular flexibility index (Phi) is 16.0. The standard InChI is InChI=1S/C27H48O2/c1-4-7-9-11-12-13-14-15-19-24-28-25-23-27(21-17-10-8-5-2)22-18-16-20-26(27)29-6-3/h16,18,20,22-23,25-26H,4-15,17,19,21,24H2,1-3H3. The largest absolute Gasteiger partial charge is 0.501 e. The molecule has 29 heavy (non-hydrogen) atoms. The summed E-state index contributed by atoms with van der Waals surface area (Å²) < 4.78 is 11.9. The molecule has 0 aliphatic heterocycles. The zero-order chi connectivity index (χ0) is 21.0. The monoisotopic (exact) mass is 404 g/mol. The lowest BCUT2D eigenvalue weighted by Gasteiger charge is -2.36. The van der Waals surface area contributed by atoms with Crippen molar-refractivity contribution in [1.82, 2.24) is 0 Å². The van der Waals surface area contributed by atoms with Crippen LogP contribution in [0.4, 0.5) is 0 Å². The topological polar surface area (TPSA) is 18.5 Å². The van der Waals surface area contributed by atoms with Crippen LogP contribution in [0, 0.1) is 5.41 Å². The van der Waals surface area contributed by atoms with Gasteiger partial charge in [0.1, 0.15) is 0 Å². The van der Waals surface area contributed by atoms with Crippen LogP contribution in [-0.4, -0.2) is 19.3 Å². The fourth-order valence-electron chi connectivity index (χ4n) is 4.12. The van der Waals surface area contributed by atoms with Crippen LogP contribution in [0.15, 0.2) is 36.6 Å². The zero-order valence-corrected chi connectivity index (χ0v) is 19.7. The summed E-state index contributed by atoms with van der Waals surface area (Å²) in [6.07, 6.45) is 31.5. The Morgan fingerprint density at radius 2 is 1.38 bits per heavy atom. The minimum atomic E-state index is -0.0585. The van der Waals surface area contributed by atoms with Gasteiger partial charge in [-0.3, -0.25) is 0 Å². The first kappa shape index (κ1) is 26.0. The number of hydrogen-bond acceptors (Lipinski definition) is 2. The Hall–Kier alpha value is -1.02. The molecule has 0 spiro atoms. The van der Waals surface area contributed by atoms with Crippen LogP contribution in [0.3, 0.4) is 0 Å². The molecule has 0 aromatic heterocycles. The number of rotatable bonds is 19. The van der Waals surface area contributed by atoms with Crippen LogP contribution in [0.1, 0.15) is 111 Å². The van der Waals surface area contributed by atoms with Gasteiger partial charge in [-0.05, 0) is 25.8 Å². The number of ether oxygens (including phenoxy) is 2. The zero-order valence-electron chi connectivity index (χ0n) is 19.7. The molecule has 1 aliphatic rings. The number of hydrogen-bond donors (Lipinski definition) is 0. The lowest BCUT2D eigenvalue weighted by Crippen LogP contribution is -2.34. The maximum atomic E-state index is 6.07. The highest BCUT2D eigenvalue weighted by atomic mass is 16.5. The molecule has 2 unspecified atom stereocenters. The summed E-state index contributed by atoms with van der Waals surface area (Å²) in [4.78, 5) is 0. The van der Waals surface area contributed by atoms with Crippen LogP contribution in [0.2, 0.25) is 0 Å². The lowest BCUT2D eigenvalue weighted by atomic mass is 9.75. The van der Waals surface area contributed by atoms with E-state index < -0.39 is 0 Å². The van der Waals surface area contributed by atoms with E-state index in [1.807, 2.05) is 6.26 Å². The van der Waals surface area contributed by atoms with E-state index >= 15 is 0 Å². The van der Waals surface area contributed by atoms with Gasteiger partial charge in [-0.25, -0.2) is 0 Å². The van der Waals surface area contributed by atoms with E-state index in [1.165, 1.54) is 77.0 Å². The number of unbranched alkanes of at least 4 members (excludes halogenated alkanes) is 11. The molecule has 1 aliphatic carbocycles. The molecule has 2 nitrogen and oxygen atoms in total. The normalized spacial score (nSPS) is 21.3. The maximum absolute atomic E-state index is 6.07. The molecule has 0 aromatic carbocycles. The van der Waals surface area contributed by atoms with Crippen LogP contribution in [0.25, 0.3) is 0 Å². The van der Waals surface area contributed by atoms with Gasteiger partial charge in [0, 0.05) is 12.0 Å². The summed E-state index contributed by atoms with van der Waals surface area (Å²) in [5.74, 6) is 0. The Bertz CT molecular complexity index is 451. The van der Waals surface area contributed by atoms with Gasteiger partial charge < -0.3 is 9.47 Å². The molecule has 0 saturated heterocycles.